The zero-order chi connectivity index (χ0) is 18.5. The lowest BCUT2D eigenvalue weighted by atomic mass is 9.84. The summed E-state index contributed by atoms with van der Waals surface area (Å²) >= 11 is 5.95. The molecule has 0 saturated heterocycles. The van der Waals surface area contributed by atoms with E-state index in [0.29, 0.717) is 33.5 Å². The molecule has 0 radical (unpaired) electrons. The van der Waals surface area contributed by atoms with Crippen molar-refractivity contribution in [1.29, 1.82) is 0 Å². The van der Waals surface area contributed by atoms with Gasteiger partial charge in [0.25, 0.3) is 0 Å². The van der Waals surface area contributed by atoms with Gasteiger partial charge in [-0.3, -0.25) is 9.69 Å². The molecule has 0 aliphatic carbocycles. The molecule has 0 bridgehead atoms. The minimum atomic E-state index is -0.390. The van der Waals surface area contributed by atoms with E-state index in [1.54, 1.807) is 35.2 Å². The molecule has 0 saturated carbocycles. The minimum absolute atomic E-state index is 0.0730. The van der Waals surface area contributed by atoms with Crippen LogP contribution in [0.1, 0.15) is 17.9 Å². The maximum atomic E-state index is 13.0. The van der Waals surface area contributed by atoms with Crippen LogP contribution in [0, 0.1) is 0 Å². The standard InChI is InChI=1S/C20H14ClNO5/c21-12-2-4-13(5-3-12)22-15-9-25-20(24)19(15)14(8-18(22)23)11-1-6-16-17(7-11)27-10-26-16/h1-7,14H,8-10H2/t14-/m1/s1. The molecule has 0 N–H and O–H groups in total. The summed E-state index contributed by atoms with van der Waals surface area (Å²) < 4.78 is 16.1. The maximum absolute atomic E-state index is 13.0. The van der Waals surface area contributed by atoms with Gasteiger partial charge in [0.05, 0.1) is 11.3 Å². The molecule has 1 amide bonds. The first-order valence-corrected chi connectivity index (χ1v) is 8.88. The summed E-state index contributed by atoms with van der Waals surface area (Å²) in [5.41, 5.74) is 2.60. The highest BCUT2D eigenvalue weighted by molar-refractivity contribution is 6.30. The van der Waals surface area contributed by atoms with Gasteiger partial charge in [0.1, 0.15) is 6.61 Å². The summed E-state index contributed by atoms with van der Waals surface area (Å²) in [7, 11) is 0. The highest BCUT2D eigenvalue weighted by Crippen LogP contribution is 2.44. The van der Waals surface area contributed by atoms with Crippen LogP contribution in [0.15, 0.2) is 53.7 Å². The zero-order valence-corrected chi connectivity index (χ0v) is 14.9. The van der Waals surface area contributed by atoms with Gasteiger partial charge in [-0.25, -0.2) is 4.79 Å². The highest BCUT2D eigenvalue weighted by Gasteiger charge is 2.43. The molecule has 0 spiro atoms. The third-order valence-electron chi connectivity index (χ3n) is 5.00. The van der Waals surface area contributed by atoms with Crippen LogP contribution in [-0.2, 0) is 14.3 Å². The average Bonchev–Trinajstić information content (AvgIpc) is 3.28. The topological polar surface area (TPSA) is 65.1 Å². The lowest BCUT2D eigenvalue weighted by Crippen LogP contribution is -2.37. The molecular weight excluding hydrogens is 370 g/mol. The number of fused-ring (bicyclic) bond motifs is 1. The van der Waals surface area contributed by atoms with E-state index in [-0.39, 0.29) is 37.6 Å². The van der Waals surface area contributed by atoms with Crippen molar-refractivity contribution in [3.05, 3.63) is 64.3 Å². The molecule has 0 aromatic heterocycles. The fourth-order valence-electron chi connectivity index (χ4n) is 3.76. The molecular formula is C20H14ClNO5. The molecule has 0 unspecified atom stereocenters. The second kappa shape index (κ2) is 6.03. The largest absolute Gasteiger partial charge is 0.456 e. The van der Waals surface area contributed by atoms with Crippen LogP contribution in [0.5, 0.6) is 11.5 Å². The number of anilines is 1. The van der Waals surface area contributed by atoms with Gasteiger partial charge < -0.3 is 14.2 Å². The predicted molar refractivity (Wildman–Crippen MR) is 96.8 cm³/mol. The predicted octanol–water partition coefficient (Wildman–Crippen LogP) is 3.40. The lowest BCUT2D eigenvalue weighted by Gasteiger charge is -2.31. The molecule has 2 aromatic rings. The smallest absolute Gasteiger partial charge is 0.336 e. The number of halogens is 1. The SMILES string of the molecule is O=C1OCC2=C1[C@@H](c1ccc3c(c1)OCO3)CC(=O)N2c1ccc(Cl)cc1. The summed E-state index contributed by atoms with van der Waals surface area (Å²) in [5.74, 6) is 0.414. The number of carbonyl (C=O) groups is 2. The van der Waals surface area contributed by atoms with Crippen LogP contribution < -0.4 is 14.4 Å². The summed E-state index contributed by atoms with van der Waals surface area (Å²) in [6, 6.07) is 12.4. The van der Waals surface area contributed by atoms with E-state index in [2.05, 4.69) is 0 Å². The third kappa shape index (κ3) is 2.56. The van der Waals surface area contributed by atoms with Crippen molar-refractivity contribution < 1.29 is 23.8 Å². The van der Waals surface area contributed by atoms with Crippen molar-refractivity contribution in [2.45, 2.75) is 12.3 Å². The second-order valence-electron chi connectivity index (χ2n) is 6.51. The molecule has 5 rings (SSSR count). The first kappa shape index (κ1) is 16.2. The van der Waals surface area contributed by atoms with Crippen molar-refractivity contribution in [2.75, 3.05) is 18.3 Å². The number of ether oxygens (including phenoxy) is 3. The average molecular weight is 384 g/mol. The van der Waals surface area contributed by atoms with Crippen LogP contribution in [-0.4, -0.2) is 25.3 Å². The maximum Gasteiger partial charge on any atom is 0.336 e. The minimum Gasteiger partial charge on any atom is -0.456 e. The van der Waals surface area contributed by atoms with Crippen molar-refractivity contribution in [3.8, 4) is 11.5 Å². The molecule has 136 valence electrons. The number of hydrogen-bond acceptors (Lipinski definition) is 5. The van der Waals surface area contributed by atoms with Gasteiger partial charge >= 0.3 is 5.97 Å². The van der Waals surface area contributed by atoms with Crippen LogP contribution in [0.2, 0.25) is 5.02 Å². The van der Waals surface area contributed by atoms with Gasteiger partial charge in [-0.15, -0.1) is 0 Å². The molecule has 0 fully saturated rings. The van der Waals surface area contributed by atoms with Crippen molar-refractivity contribution in [3.63, 3.8) is 0 Å². The third-order valence-corrected chi connectivity index (χ3v) is 5.25. The summed E-state index contributed by atoms with van der Waals surface area (Å²) in [4.78, 5) is 27.0. The first-order chi connectivity index (χ1) is 13.1. The zero-order valence-electron chi connectivity index (χ0n) is 14.1. The Kier molecular flexibility index (Phi) is 3.62. The van der Waals surface area contributed by atoms with Crippen molar-refractivity contribution in [2.24, 2.45) is 0 Å². The number of esters is 1. The van der Waals surface area contributed by atoms with Gasteiger partial charge in [-0.2, -0.15) is 0 Å². The molecule has 3 aliphatic heterocycles. The monoisotopic (exact) mass is 383 g/mol. The van der Waals surface area contributed by atoms with Gasteiger partial charge in [0.2, 0.25) is 12.7 Å². The Morgan fingerprint density at radius 1 is 0.963 bits per heavy atom. The summed E-state index contributed by atoms with van der Waals surface area (Å²) in [6.07, 6.45) is 0.163. The number of rotatable bonds is 2. The lowest BCUT2D eigenvalue weighted by molar-refractivity contribution is -0.136. The van der Waals surface area contributed by atoms with Crippen LogP contribution >= 0.6 is 11.6 Å². The van der Waals surface area contributed by atoms with Gasteiger partial charge in [0.15, 0.2) is 11.5 Å². The molecule has 6 nitrogen and oxygen atoms in total. The van der Waals surface area contributed by atoms with E-state index in [0.717, 1.165) is 5.56 Å². The Morgan fingerprint density at radius 2 is 1.74 bits per heavy atom. The van der Waals surface area contributed by atoms with Crippen LogP contribution in [0.25, 0.3) is 0 Å². The number of amides is 1. The van der Waals surface area contributed by atoms with E-state index in [1.807, 2.05) is 12.1 Å². The number of nitrogens with zero attached hydrogens (tertiary/aromatic N) is 1. The number of benzene rings is 2. The van der Waals surface area contributed by atoms with Gasteiger partial charge in [-0.1, -0.05) is 17.7 Å². The molecule has 27 heavy (non-hydrogen) atoms. The molecule has 3 heterocycles. The van der Waals surface area contributed by atoms with Crippen LogP contribution in [0.4, 0.5) is 5.69 Å². The van der Waals surface area contributed by atoms with Crippen molar-refractivity contribution in [1.82, 2.24) is 0 Å². The van der Waals surface area contributed by atoms with Crippen LogP contribution in [0.3, 0.4) is 0 Å². The van der Waals surface area contributed by atoms with Gasteiger partial charge in [0, 0.05) is 23.0 Å². The summed E-state index contributed by atoms with van der Waals surface area (Å²) in [5, 5.41) is 0.578. The van der Waals surface area contributed by atoms with Crippen molar-refractivity contribution >= 4 is 29.2 Å². The quantitative estimate of drug-likeness (QED) is 0.744. The van der Waals surface area contributed by atoms with E-state index >= 15 is 0 Å². The molecule has 1 atom stereocenters. The van der Waals surface area contributed by atoms with E-state index in [1.165, 1.54) is 0 Å². The Balaban J connectivity index is 1.60. The fourth-order valence-corrected chi connectivity index (χ4v) is 3.88. The first-order valence-electron chi connectivity index (χ1n) is 8.50. The Labute approximate surface area is 159 Å². The normalized spacial score (nSPS) is 20.8. The number of carbonyl (C=O) groups excluding carboxylic acids is 2. The molecule has 7 heteroatoms. The number of cyclic esters (lactones) is 1. The summed E-state index contributed by atoms with van der Waals surface area (Å²) in [6.45, 7) is 0.242. The molecule has 2 aromatic carbocycles. The van der Waals surface area contributed by atoms with E-state index in [9.17, 15) is 9.59 Å². The Morgan fingerprint density at radius 3 is 2.56 bits per heavy atom. The Hall–Kier alpha value is -2.99. The Bertz CT molecular complexity index is 998. The highest BCUT2D eigenvalue weighted by atomic mass is 35.5. The van der Waals surface area contributed by atoms with E-state index in [4.69, 9.17) is 25.8 Å². The van der Waals surface area contributed by atoms with E-state index < -0.39 is 0 Å². The number of hydrogen-bond donors (Lipinski definition) is 0. The van der Waals surface area contributed by atoms with Gasteiger partial charge in [-0.05, 0) is 42.0 Å². The second-order valence-corrected chi connectivity index (χ2v) is 6.95. The molecule has 3 aliphatic rings. The fraction of sp³-hybridized carbons (Fsp3) is 0.200.